The molecule has 0 aliphatic rings. The largest absolute Gasteiger partial charge is 0.478 e. The average molecular weight is 195 g/mol. The third-order valence-electron chi connectivity index (χ3n) is 1.62. The predicted molar refractivity (Wildman–Crippen MR) is 51.9 cm³/mol. The molecular weight excluding hydrogens is 182 g/mol. The number of aryl methyl sites for hydroxylation is 1. The van der Waals surface area contributed by atoms with Crippen molar-refractivity contribution in [1.29, 1.82) is 0 Å². The van der Waals surface area contributed by atoms with Gasteiger partial charge >= 0.3 is 5.97 Å². The molecule has 4 heteroatoms. The van der Waals surface area contributed by atoms with Gasteiger partial charge in [0, 0.05) is 12.6 Å². The summed E-state index contributed by atoms with van der Waals surface area (Å²) in [5.74, 6) is 0.801. The van der Waals surface area contributed by atoms with E-state index in [4.69, 9.17) is 9.52 Å². The quantitative estimate of drug-likeness (QED) is 0.549. The van der Waals surface area contributed by atoms with E-state index in [1.54, 1.807) is 6.08 Å². The van der Waals surface area contributed by atoms with E-state index in [9.17, 15) is 4.79 Å². The van der Waals surface area contributed by atoms with Crippen molar-refractivity contribution in [3.05, 3.63) is 35.8 Å². The minimum Gasteiger partial charge on any atom is -0.478 e. The van der Waals surface area contributed by atoms with E-state index in [-0.39, 0.29) is 0 Å². The number of nitrogens with one attached hydrogen (secondary N) is 1. The third-order valence-corrected chi connectivity index (χ3v) is 1.62. The van der Waals surface area contributed by atoms with Gasteiger partial charge in [-0.05, 0) is 19.1 Å². The van der Waals surface area contributed by atoms with Gasteiger partial charge in [0.2, 0.25) is 0 Å². The molecule has 0 amide bonds. The van der Waals surface area contributed by atoms with E-state index in [0.717, 1.165) is 17.6 Å². The number of hydrogen-bond donors (Lipinski definition) is 2. The molecule has 1 aromatic rings. The second kappa shape index (κ2) is 5.24. The van der Waals surface area contributed by atoms with Crippen molar-refractivity contribution in [2.75, 3.05) is 6.54 Å². The van der Waals surface area contributed by atoms with Crippen LogP contribution in [0.5, 0.6) is 0 Å². The summed E-state index contributed by atoms with van der Waals surface area (Å²) in [6.45, 7) is 3.01. The lowest BCUT2D eigenvalue weighted by Gasteiger charge is -1.96. The molecule has 0 unspecified atom stereocenters. The van der Waals surface area contributed by atoms with E-state index in [0.29, 0.717) is 13.1 Å². The van der Waals surface area contributed by atoms with E-state index in [2.05, 4.69) is 5.32 Å². The number of carbonyl (C=O) groups is 1. The molecule has 0 saturated heterocycles. The topological polar surface area (TPSA) is 62.5 Å². The van der Waals surface area contributed by atoms with Crippen LogP contribution in [0.2, 0.25) is 0 Å². The van der Waals surface area contributed by atoms with Crippen molar-refractivity contribution in [2.45, 2.75) is 13.5 Å². The van der Waals surface area contributed by atoms with Crippen molar-refractivity contribution in [2.24, 2.45) is 0 Å². The minimum absolute atomic E-state index is 0.520. The van der Waals surface area contributed by atoms with Crippen LogP contribution in [0.25, 0.3) is 0 Å². The van der Waals surface area contributed by atoms with Gasteiger partial charge in [-0.1, -0.05) is 6.08 Å². The molecule has 0 fully saturated rings. The standard InChI is InChI=1S/C10H13NO3/c1-8-4-5-9(14-8)7-11-6-2-3-10(12)13/h2-5,11H,6-7H2,1H3,(H,12,13)/b3-2+. The van der Waals surface area contributed by atoms with E-state index >= 15 is 0 Å². The normalized spacial score (nSPS) is 10.9. The SMILES string of the molecule is Cc1ccc(CNC/C=C/C(=O)O)o1. The van der Waals surface area contributed by atoms with Gasteiger partial charge in [-0.25, -0.2) is 4.79 Å². The fourth-order valence-electron chi connectivity index (χ4n) is 1.02. The Hall–Kier alpha value is -1.55. The Morgan fingerprint density at radius 1 is 1.64 bits per heavy atom. The van der Waals surface area contributed by atoms with Crippen LogP contribution in [-0.4, -0.2) is 17.6 Å². The third kappa shape index (κ3) is 3.91. The smallest absolute Gasteiger partial charge is 0.328 e. The molecule has 0 spiro atoms. The highest BCUT2D eigenvalue weighted by Gasteiger charge is 1.95. The lowest BCUT2D eigenvalue weighted by Crippen LogP contribution is -2.12. The van der Waals surface area contributed by atoms with Crippen molar-refractivity contribution < 1.29 is 14.3 Å². The van der Waals surface area contributed by atoms with Crippen LogP contribution < -0.4 is 5.32 Å². The van der Waals surface area contributed by atoms with E-state index in [1.807, 2.05) is 19.1 Å². The first kappa shape index (κ1) is 10.5. The molecular formula is C10H13NO3. The summed E-state index contributed by atoms with van der Waals surface area (Å²) in [7, 11) is 0. The number of carboxylic acids is 1. The zero-order valence-electron chi connectivity index (χ0n) is 7.99. The molecule has 0 aromatic carbocycles. The van der Waals surface area contributed by atoms with Gasteiger partial charge in [-0.15, -0.1) is 0 Å². The molecule has 14 heavy (non-hydrogen) atoms. The highest BCUT2D eigenvalue weighted by atomic mass is 16.4. The first-order chi connectivity index (χ1) is 6.68. The Balaban J connectivity index is 2.19. The van der Waals surface area contributed by atoms with E-state index in [1.165, 1.54) is 0 Å². The first-order valence-electron chi connectivity index (χ1n) is 4.34. The Bertz CT molecular complexity index is 328. The molecule has 0 saturated carbocycles. The summed E-state index contributed by atoms with van der Waals surface area (Å²) in [5, 5.41) is 11.3. The Kier molecular flexibility index (Phi) is 3.94. The van der Waals surface area contributed by atoms with E-state index < -0.39 is 5.97 Å². The molecule has 2 N–H and O–H groups in total. The highest BCUT2D eigenvalue weighted by molar-refractivity contribution is 5.79. The van der Waals surface area contributed by atoms with Gasteiger partial charge in [0.1, 0.15) is 11.5 Å². The number of furan rings is 1. The fourth-order valence-corrected chi connectivity index (χ4v) is 1.02. The van der Waals surface area contributed by atoms with Crippen LogP contribution in [0.4, 0.5) is 0 Å². The van der Waals surface area contributed by atoms with Crippen LogP contribution in [0.1, 0.15) is 11.5 Å². The van der Waals surface area contributed by atoms with Crippen LogP contribution in [0.15, 0.2) is 28.7 Å². The van der Waals surface area contributed by atoms with Crippen LogP contribution in [-0.2, 0) is 11.3 Å². The molecule has 0 radical (unpaired) electrons. The summed E-state index contributed by atoms with van der Waals surface area (Å²) >= 11 is 0. The van der Waals surface area contributed by atoms with Gasteiger partial charge in [0.05, 0.1) is 6.54 Å². The summed E-state index contributed by atoms with van der Waals surface area (Å²) in [6, 6.07) is 3.79. The number of rotatable bonds is 5. The lowest BCUT2D eigenvalue weighted by molar-refractivity contribution is -0.131. The number of carboxylic acid groups (broad SMARTS) is 1. The molecule has 76 valence electrons. The van der Waals surface area contributed by atoms with Gasteiger partial charge in [-0.2, -0.15) is 0 Å². The predicted octanol–water partition coefficient (Wildman–Crippen LogP) is 1.32. The summed E-state index contributed by atoms with van der Waals surface area (Å²) in [4.78, 5) is 10.1. The van der Waals surface area contributed by atoms with Crippen molar-refractivity contribution in [1.82, 2.24) is 5.32 Å². The fraction of sp³-hybridized carbons (Fsp3) is 0.300. The Labute approximate surface area is 82.2 Å². The monoisotopic (exact) mass is 195 g/mol. The first-order valence-corrected chi connectivity index (χ1v) is 4.34. The molecule has 1 aromatic heterocycles. The molecule has 0 aliphatic carbocycles. The van der Waals surface area contributed by atoms with Crippen molar-refractivity contribution >= 4 is 5.97 Å². The molecule has 0 atom stereocenters. The zero-order chi connectivity index (χ0) is 10.4. The maximum absolute atomic E-state index is 10.1. The van der Waals surface area contributed by atoms with Gasteiger partial charge in [-0.3, -0.25) is 0 Å². The molecule has 0 bridgehead atoms. The average Bonchev–Trinajstić information content (AvgIpc) is 2.50. The van der Waals surface area contributed by atoms with Gasteiger partial charge < -0.3 is 14.8 Å². The maximum Gasteiger partial charge on any atom is 0.328 e. The maximum atomic E-state index is 10.1. The Morgan fingerprint density at radius 2 is 2.43 bits per heavy atom. The molecule has 1 rings (SSSR count). The molecule has 4 nitrogen and oxygen atoms in total. The van der Waals surface area contributed by atoms with Crippen LogP contribution >= 0.6 is 0 Å². The summed E-state index contributed by atoms with van der Waals surface area (Å²) in [6.07, 6.45) is 2.67. The van der Waals surface area contributed by atoms with Crippen LogP contribution in [0.3, 0.4) is 0 Å². The minimum atomic E-state index is -0.930. The molecule has 1 heterocycles. The second-order valence-electron chi connectivity index (χ2n) is 2.88. The van der Waals surface area contributed by atoms with Crippen LogP contribution in [0, 0.1) is 6.92 Å². The summed E-state index contributed by atoms with van der Waals surface area (Å²) < 4.78 is 5.31. The second-order valence-corrected chi connectivity index (χ2v) is 2.88. The number of hydrogen-bond acceptors (Lipinski definition) is 3. The molecule has 0 aliphatic heterocycles. The summed E-state index contributed by atoms with van der Waals surface area (Å²) in [5.41, 5.74) is 0. The van der Waals surface area contributed by atoms with Gasteiger partial charge in [0.25, 0.3) is 0 Å². The lowest BCUT2D eigenvalue weighted by atomic mass is 10.4. The van der Waals surface area contributed by atoms with Gasteiger partial charge in [0.15, 0.2) is 0 Å². The van der Waals surface area contributed by atoms with Crippen molar-refractivity contribution in [3.8, 4) is 0 Å². The Morgan fingerprint density at radius 3 is 3.00 bits per heavy atom. The highest BCUT2D eigenvalue weighted by Crippen LogP contribution is 2.04. The number of aliphatic carboxylic acids is 1. The van der Waals surface area contributed by atoms with Crippen molar-refractivity contribution in [3.63, 3.8) is 0 Å². The zero-order valence-corrected chi connectivity index (χ0v) is 7.99.